The summed E-state index contributed by atoms with van der Waals surface area (Å²) >= 11 is 1.82. The summed E-state index contributed by atoms with van der Waals surface area (Å²) in [6, 6.07) is 10.2. The van der Waals surface area contributed by atoms with Gasteiger partial charge in [0, 0.05) is 35.8 Å². The molecule has 2 nitrogen and oxygen atoms in total. The van der Waals surface area contributed by atoms with Crippen molar-refractivity contribution in [1.29, 1.82) is 0 Å². The number of piperazine rings is 1. The molecule has 0 aromatic heterocycles. The maximum atomic E-state index is 3.70. The molecule has 19 heavy (non-hydrogen) atoms. The van der Waals surface area contributed by atoms with Gasteiger partial charge < -0.3 is 10.2 Å². The minimum Gasteiger partial charge on any atom is -0.366 e. The third-order valence-corrected chi connectivity index (χ3v) is 4.84. The van der Waals surface area contributed by atoms with Crippen LogP contribution in [0.1, 0.15) is 27.2 Å². The van der Waals surface area contributed by atoms with Crippen molar-refractivity contribution < 1.29 is 0 Å². The maximum absolute atomic E-state index is 3.70. The Morgan fingerprint density at radius 2 is 2.21 bits per heavy atom. The molecule has 0 spiro atoms. The molecule has 0 aliphatic carbocycles. The minimum absolute atomic E-state index is 0.598. The van der Waals surface area contributed by atoms with Gasteiger partial charge in [0.25, 0.3) is 0 Å². The zero-order chi connectivity index (χ0) is 13.8. The summed E-state index contributed by atoms with van der Waals surface area (Å²) in [5.74, 6) is 0.684. The van der Waals surface area contributed by atoms with E-state index >= 15 is 0 Å². The highest BCUT2D eigenvalue weighted by Crippen LogP contribution is 2.27. The zero-order valence-corrected chi connectivity index (χ0v) is 13.3. The number of hydrogen-bond donors (Lipinski definition) is 1. The fourth-order valence-corrected chi connectivity index (χ4v) is 3.19. The molecule has 1 aromatic carbocycles. The minimum atomic E-state index is 0.598. The second kappa shape index (κ2) is 6.67. The Morgan fingerprint density at radius 3 is 2.84 bits per heavy atom. The summed E-state index contributed by atoms with van der Waals surface area (Å²) in [4.78, 5) is 3.95. The molecule has 1 aliphatic heterocycles. The van der Waals surface area contributed by atoms with E-state index in [2.05, 4.69) is 61.5 Å². The van der Waals surface area contributed by atoms with Crippen molar-refractivity contribution in [2.45, 2.75) is 44.2 Å². The fourth-order valence-electron chi connectivity index (χ4n) is 2.74. The van der Waals surface area contributed by atoms with E-state index < -0.39 is 0 Å². The third kappa shape index (κ3) is 3.46. The van der Waals surface area contributed by atoms with E-state index in [-0.39, 0.29) is 0 Å². The van der Waals surface area contributed by atoms with Crippen molar-refractivity contribution in [1.82, 2.24) is 5.32 Å². The number of nitrogens with one attached hydrogen (secondary N) is 1. The second-order valence-electron chi connectivity index (χ2n) is 5.67. The van der Waals surface area contributed by atoms with E-state index in [4.69, 9.17) is 0 Å². The Kier molecular flexibility index (Phi) is 5.17. The molecular formula is C16H26N2S. The van der Waals surface area contributed by atoms with Crippen LogP contribution in [0.2, 0.25) is 0 Å². The normalized spacial score (nSPS) is 23.9. The first-order valence-electron chi connectivity index (χ1n) is 7.29. The molecule has 1 fully saturated rings. The first kappa shape index (κ1) is 14.7. The molecule has 1 heterocycles. The summed E-state index contributed by atoms with van der Waals surface area (Å²) in [5, 5.41) is 3.70. The Labute approximate surface area is 122 Å². The highest BCUT2D eigenvalue weighted by Gasteiger charge is 2.28. The van der Waals surface area contributed by atoms with Gasteiger partial charge in [-0.3, -0.25) is 0 Å². The lowest BCUT2D eigenvalue weighted by atomic mass is 9.98. The Hall–Kier alpha value is -0.670. The second-order valence-corrected chi connectivity index (χ2v) is 6.55. The van der Waals surface area contributed by atoms with Crippen LogP contribution in [0.4, 0.5) is 5.69 Å². The van der Waals surface area contributed by atoms with Crippen molar-refractivity contribution in [2.75, 3.05) is 24.2 Å². The van der Waals surface area contributed by atoms with Crippen molar-refractivity contribution in [3.05, 3.63) is 24.3 Å². The van der Waals surface area contributed by atoms with Gasteiger partial charge in [-0.15, -0.1) is 11.8 Å². The number of thioether (sulfide) groups is 1. The van der Waals surface area contributed by atoms with Crippen molar-refractivity contribution >= 4 is 17.4 Å². The number of hydrogen-bond acceptors (Lipinski definition) is 3. The molecule has 2 atom stereocenters. The molecule has 106 valence electrons. The van der Waals surface area contributed by atoms with Gasteiger partial charge in [-0.2, -0.15) is 0 Å². The van der Waals surface area contributed by atoms with Gasteiger partial charge in [-0.25, -0.2) is 0 Å². The van der Waals surface area contributed by atoms with Crippen molar-refractivity contribution in [3.8, 4) is 0 Å². The Bertz CT molecular complexity index is 405. The van der Waals surface area contributed by atoms with E-state index in [1.165, 1.54) is 17.0 Å². The summed E-state index contributed by atoms with van der Waals surface area (Å²) < 4.78 is 0. The number of nitrogens with zero attached hydrogens (tertiary/aromatic N) is 1. The van der Waals surface area contributed by atoms with E-state index in [1.54, 1.807) is 0 Å². The molecular weight excluding hydrogens is 252 g/mol. The van der Waals surface area contributed by atoms with Gasteiger partial charge >= 0.3 is 0 Å². The van der Waals surface area contributed by atoms with E-state index in [0.717, 1.165) is 13.1 Å². The topological polar surface area (TPSA) is 15.3 Å². The standard InChI is InChI=1S/C16H26N2S/c1-5-13-10-17-16(12(2)3)11-18(13)14-7-6-8-15(9-14)19-4/h6-9,12-13,16-17H,5,10-11H2,1-4H3. The molecule has 0 amide bonds. The van der Waals surface area contributed by atoms with Crippen LogP contribution in [0.25, 0.3) is 0 Å². The lowest BCUT2D eigenvalue weighted by molar-refractivity contribution is 0.325. The van der Waals surface area contributed by atoms with Crippen molar-refractivity contribution in [2.24, 2.45) is 5.92 Å². The van der Waals surface area contributed by atoms with Gasteiger partial charge in [-0.1, -0.05) is 26.8 Å². The van der Waals surface area contributed by atoms with Crippen LogP contribution >= 0.6 is 11.8 Å². The van der Waals surface area contributed by atoms with Crippen LogP contribution in [-0.4, -0.2) is 31.4 Å². The number of anilines is 1. The zero-order valence-electron chi connectivity index (χ0n) is 12.5. The lowest BCUT2D eigenvalue weighted by Gasteiger charge is -2.43. The van der Waals surface area contributed by atoms with Crippen LogP contribution in [0.3, 0.4) is 0 Å². The van der Waals surface area contributed by atoms with Crippen LogP contribution in [0, 0.1) is 5.92 Å². The highest BCUT2D eigenvalue weighted by atomic mass is 32.2. The van der Waals surface area contributed by atoms with Crippen LogP contribution in [0.15, 0.2) is 29.2 Å². The smallest absolute Gasteiger partial charge is 0.0412 e. The summed E-state index contributed by atoms with van der Waals surface area (Å²) in [5.41, 5.74) is 1.38. The van der Waals surface area contributed by atoms with Gasteiger partial charge in [0.05, 0.1) is 0 Å². The van der Waals surface area contributed by atoms with Gasteiger partial charge in [-0.05, 0) is 36.8 Å². The lowest BCUT2D eigenvalue weighted by Crippen LogP contribution is -2.58. The van der Waals surface area contributed by atoms with E-state index in [0.29, 0.717) is 18.0 Å². The van der Waals surface area contributed by atoms with Crippen molar-refractivity contribution in [3.63, 3.8) is 0 Å². The Balaban J connectivity index is 2.21. The van der Waals surface area contributed by atoms with Crippen LogP contribution < -0.4 is 10.2 Å². The number of rotatable bonds is 4. The van der Waals surface area contributed by atoms with E-state index in [1.807, 2.05) is 11.8 Å². The summed E-state index contributed by atoms with van der Waals surface area (Å²) in [6.07, 6.45) is 3.34. The van der Waals surface area contributed by atoms with Crippen LogP contribution in [0.5, 0.6) is 0 Å². The van der Waals surface area contributed by atoms with Gasteiger partial charge in [0.1, 0.15) is 0 Å². The summed E-state index contributed by atoms with van der Waals surface area (Å²) in [7, 11) is 0. The van der Waals surface area contributed by atoms with Gasteiger partial charge in [0.2, 0.25) is 0 Å². The molecule has 1 aromatic rings. The monoisotopic (exact) mass is 278 g/mol. The molecule has 1 saturated heterocycles. The quantitative estimate of drug-likeness (QED) is 0.847. The fraction of sp³-hybridized carbons (Fsp3) is 0.625. The largest absolute Gasteiger partial charge is 0.366 e. The molecule has 1 aliphatic rings. The number of benzene rings is 1. The molecule has 2 rings (SSSR count). The first-order valence-corrected chi connectivity index (χ1v) is 8.52. The molecule has 0 bridgehead atoms. The van der Waals surface area contributed by atoms with Crippen LogP contribution in [-0.2, 0) is 0 Å². The first-order chi connectivity index (χ1) is 9.15. The molecule has 2 unspecified atom stereocenters. The predicted octanol–water partition coefficient (Wildman–Crippen LogP) is 3.62. The molecule has 0 radical (unpaired) electrons. The van der Waals surface area contributed by atoms with Gasteiger partial charge in [0.15, 0.2) is 0 Å². The van der Waals surface area contributed by atoms with E-state index in [9.17, 15) is 0 Å². The highest BCUT2D eigenvalue weighted by molar-refractivity contribution is 7.98. The SMILES string of the molecule is CCC1CNC(C(C)C)CN1c1cccc(SC)c1. The maximum Gasteiger partial charge on any atom is 0.0412 e. The summed E-state index contributed by atoms with van der Waals surface area (Å²) in [6.45, 7) is 9.12. The Morgan fingerprint density at radius 1 is 1.42 bits per heavy atom. The average molecular weight is 278 g/mol. The predicted molar refractivity (Wildman–Crippen MR) is 86.3 cm³/mol. The third-order valence-electron chi connectivity index (χ3n) is 4.11. The average Bonchev–Trinajstić information content (AvgIpc) is 2.46. The molecule has 1 N–H and O–H groups in total. The molecule has 0 saturated carbocycles. The molecule has 3 heteroatoms.